The van der Waals surface area contributed by atoms with Crippen molar-refractivity contribution >= 4 is 17.8 Å². The van der Waals surface area contributed by atoms with Gasteiger partial charge in [0.25, 0.3) is 5.91 Å². The van der Waals surface area contributed by atoms with E-state index in [-0.39, 0.29) is 11.0 Å². The highest BCUT2D eigenvalue weighted by Gasteiger charge is 2.53. The van der Waals surface area contributed by atoms with Crippen molar-refractivity contribution in [3.05, 3.63) is 35.4 Å². The first-order valence-corrected chi connectivity index (χ1v) is 10.2. The lowest BCUT2D eigenvalue weighted by Gasteiger charge is -2.40. The zero-order valence-electron chi connectivity index (χ0n) is 17.8. The minimum atomic E-state index is -1.38. The minimum Gasteiger partial charge on any atom is -0.335 e. The highest BCUT2D eigenvalue weighted by Crippen LogP contribution is 2.43. The summed E-state index contributed by atoms with van der Waals surface area (Å²) in [6.45, 7) is 5.86. The van der Waals surface area contributed by atoms with Gasteiger partial charge in [-0.25, -0.2) is 13.6 Å². The molecule has 0 aromatic heterocycles. The van der Waals surface area contributed by atoms with E-state index in [2.05, 4.69) is 31.4 Å². The van der Waals surface area contributed by atoms with Crippen LogP contribution in [0.15, 0.2) is 18.2 Å². The molecule has 4 amide bonds. The van der Waals surface area contributed by atoms with E-state index in [0.29, 0.717) is 24.8 Å². The first kappa shape index (κ1) is 22.7. The van der Waals surface area contributed by atoms with Crippen LogP contribution in [0.5, 0.6) is 0 Å². The summed E-state index contributed by atoms with van der Waals surface area (Å²) >= 11 is 0. The van der Waals surface area contributed by atoms with Crippen molar-refractivity contribution in [2.75, 3.05) is 6.54 Å². The zero-order chi connectivity index (χ0) is 23.0. The number of hydrogen-bond donors (Lipinski definition) is 2. The summed E-state index contributed by atoms with van der Waals surface area (Å²) in [7, 11) is 0. The van der Waals surface area contributed by atoms with Crippen LogP contribution in [-0.2, 0) is 9.59 Å². The Morgan fingerprint density at radius 2 is 1.97 bits per heavy atom. The smallest absolute Gasteiger partial charge is 0.325 e. The maximum absolute atomic E-state index is 13.9. The van der Waals surface area contributed by atoms with Crippen LogP contribution >= 0.6 is 0 Å². The normalized spacial score (nSPS) is 24.6. The fourth-order valence-electron chi connectivity index (χ4n) is 4.40. The van der Waals surface area contributed by atoms with Crippen molar-refractivity contribution in [3.63, 3.8) is 0 Å². The Morgan fingerprint density at radius 3 is 2.52 bits per heavy atom. The molecule has 0 radical (unpaired) electrons. The number of halogens is 2. The second-order valence-electron chi connectivity index (χ2n) is 9.34. The van der Waals surface area contributed by atoms with E-state index in [1.54, 1.807) is 6.07 Å². The van der Waals surface area contributed by atoms with Gasteiger partial charge in [0.2, 0.25) is 5.91 Å². The number of nitriles is 1. The Labute approximate surface area is 179 Å². The minimum absolute atomic E-state index is 0.106. The largest absolute Gasteiger partial charge is 0.335 e. The van der Waals surface area contributed by atoms with Gasteiger partial charge in [-0.05, 0) is 43.1 Å². The number of nitrogens with one attached hydrogen (secondary N) is 2. The third-order valence-electron chi connectivity index (χ3n) is 6.32. The van der Waals surface area contributed by atoms with Crippen molar-refractivity contribution in [1.82, 2.24) is 15.5 Å². The van der Waals surface area contributed by atoms with Gasteiger partial charge in [0.15, 0.2) is 0 Å². The molecular formula is C22H26F2N4O3. The number of rotatable bonds is 4. The van der Waals surface area contributed by atoms with Gasteiger partial charge in [-0.2, -0.15) is 5.26 Å². The lowest BCUT2D eigenvalue weighted by Crippen LogP contribution is -2.51. The SMILES string of the molecule is CC(C)(C)C1CCC2(CC1)NC(=O)N(CC(=O)NC(C#N)c1ccc(F)cc1F)C2=O. The summed E-state index contributed by atoms with van der Waals surface area (Å²) in [6.07, 6.45) is 2.57. The van der Waals surface area contributed by atoms with E-state index >= 15 is 0 Å². The predicted octanol–water partition coefficient (Wildman–Crippen LogP) is 3.17. The molecule has 1 saturated carbocycles. The topological polar surface area (TPSA) is 102 Å². The number of benzene rings is 1. The number of urea groups is 1. The number of amides is 4. The maximum Gasteiger partial charge on any atom is 0.325 e. The number of imide groups is 1. The Bertz CT molecular complexity index is 943. The fraction of sp³-hybridized carbons (Fsp3) is 0.545. The lowest BCUT2D eigenvalue weighted by molar-refractivity contribution is -0.136. The van der Waals surface area contributed by atoms with Gasteiger partial charge in [-0.15, -0.1) is 0 Å². The monoisotopic (exact) mass is 432 g/mol. The second-order valence-corrected chi connectivity index (χ2v) is 9.34. The summed E-state index contributed by atoms with van der Waals surface area (Å²) in [5.41, 5.74) is -1.10. The summed E-state index contributed by atoms with van der Waals surface area (Å²) in [4.78, 5) is 38.7. The van der Waals surface area contributed by atoms with E-state index in [9.17, 15) is 28.4 Å². The molecule has 7 nitrogen and oxygen atoms in total. The molecule has 1 atom stereocenters. The van der Waals surface area contributed by atoms with Crippen LogP contribution in [0.25, 0.3) is 0 Å². The fourth-order valence-corrected chi connectivity index (χ4v) is 4.40. The van der Waals surface area contributed by atoms with Crippen LogP contribution in [0.1, 0.15) is 58.1 Å². The summed E-state index contributed by atoms with van der Waals surface area (Å²) < 4.78 is 27.0. The molecule has 1 aliphatic carbocycles. The van der Waals surface area contributed by atoms with Crippen LogP contribution in [0, 0.1) is 34.3 Å². The molecular weight excluding hydrogens is 406 g/mol. The highest BCUT2D eigenvalue weighted by molar-refractivity contribution is 6.09. The van der Waals surface area contributed by atoms with Crippen molar-refractivity contribution < 1.29 is 23.2 Å². The third-order valence-corrected chi connectivity index (χ3v) is 6.32. The third kappa shape index (κ3) is 4.53. The summed E-state index contributed by atoms with van der Waals surface area (Å²) in [5, 5.41) is 14.3. The van der Waals surface area contributed by atoms with Crippen molar-refractivity contribution in [3.8, 4) is 6.07 Å². The molecule has 1 saturated heterocycles. The van der Waals surface area contributed by atoms with E-state index in [0.717, 1.165) is 29.9 Å². The number of carbonyl (C=O) groups is 3. The van der Waals surface area contributed by atoms with E-state index in [1.807, 2.05) is 0 Å². The zero-order valence-corrected chi connectivity index (χ0v) is 17.8. The molecule has 1 spiro atoms. The Hall–Kier alpha value is -3.02. The molecule has 2 fully saturated rings. The first-order chi connectivity index (χ1) is 14.5. The van der Waals surface area contributed by atoms with Gasteiger partial charge in [0.1, 0.15) is 29.8 Å². The first-order valence-electron chi connectivity index (χ1n) is 10.2. The average Bonchev–Trinajstić information content (AvgIpc) is 2.90. The van der Waals surface area contributed by atoms with Gasteiger partial charge >= 0.3 is 6.03 Å². The molecule has 1 aliphatic heterocycles. The van der Waals surface area contributed by atoms with Crippen LogP contribution in [-0.4, -0.2) is 34.8 Å². The number of hydrogen-bond acceptors (Lipinski definition) is 4. The van der Waals surface area contributed by atoms with E-state index in [1.165, 1.54) is 0 Å². The van der Waals surface area contributed by atoms with Crippen LogP contribution in [0.3, 0.4) is 0 Å². The van der Waals surface area contributed by atoms with Crippen molar-refractivity contribution in [2.45, 2.75) is 58.0 Å². The standard InChI is InChI=1S/C22H26F2N4O3/c1-21(2,3)13-6-8-22(9-7-13)19(30)28(20(31)27-22)12-18(29)26-17(11-25)15-5-4-14(23)10-16(15)24/h4-5,10,13,17H,6-9,12H2,1-3H3,(H,26,29)(H,27,31). The quantitative estimate of drug-likeness (QED) is 0.714. The van der Waals surface area contributed by atoms with Gasteiger partial charge in [-0.1, -0.05) is 26.8 Å². The number of nitrogens with zero attached hydrogens (tertiary/aromatic N) is 2. The molecule has 0 bridgehead atoms. The molecule has 2 N–H and O–H groups in total. The van der Waals surface area contributed by atoms with Gasteiger partial charge in [-0.3, -0.25) is 14.5 Å². The summed E-state index contributed by atoms with van der Waals surface area (Å²) in [6, 6.07) is 2.35. The number of carbonyl (C=O) groups excluding carboxylic acids is 3. The van der Waals surface area contributed by atoms with Gasteiger partial charge in [0.05, 0.1) is 6.07 Å². The van der Waals surface area contributed by atoms with Crippen LogP contribution < -0.4 is 10.6 Å². The maximum atomic E-state index is 13.9. The average molecular weight is 432 g/mol. The second kappa shape index (κ2) is 8.25. The van der Waals surface area contributed by atoms with E-state index in [4.69, 9.17) is 0 Å². The Morgan fingerprint density at radius 1 is 1.32 bits per heavy atom. The molecule has 3 rings (SSSR count). The van der Waals surface area contributed by atoms with E-state index < -0.39 is 47.6 Å². The molecule has 1 aromatic rings. The van der Waals surface area contributed by atoms with Crippen molar-refractivity contribution in [2.24, 2.45) is 11.3 Å². The van der Waals surface area contributed by atoms with Gasteiger partial charge in [0, 0.05) is 11.6 Å². The molecule has 166 valence electrons. The van der Waals surface area contributed by atoms with Gasteiger partial charge < -0.3 is 10.6 Å². The molecule has 1 aromatic carbocycles. The van der Waals surface area contributed by atoms with Crippen LogP contribution in [0.2, 0.25) is 0 Å². The van der Waals surface area contributed by atoms with Crippen LogP contribution in [0.4, 0.5) is 13.6 Å². The molecule has 2 aliphatic rings. The predicted molar refractivity (Wildman–Crippen MR) is 107 cm³/mol. The molecule has 31 heavy (non-hydrogen) atoms. The van der Waals surface area contributed by atoms with Crippen molar-refractivity contribution in [1.29, 1.82) is 5.26 Å². The molecule has 1 heterocycles. The molecule has 9 heteroatoms. The Kier molecular flexibility index (Phi) is 6.03. The molecule has 1 unspecified atom stereocenters. The Balaban J connectivity index is 1.66. The summed E-state index contributed by atoms with van der Waals surface area (Å²) in [5.74, 6) is -2.60. The lowest BCUT2D eigenvalue weighted by atomic mass is 9.67. The highest BCUT2D eigenvalue weighted by atomic mass is 19.1.